The summed E-state index contributed by atoms with van der Waals surface area (Å²) in [6, 6.07) is 16.0. The molecule has 9 N–H and O–H groups in total. The Kier molecular flexibility index (Phi) is 21.2. The summed E-state index contributed by atoms with van der Waals surface area (Å²) < 4.78 is 17.5. The third-order valence-corrected chi connectivity index (χ3v) is 11.4. The fraction of sp³-hybridized carbons (Fsp3) is 0.565. The quantitative estimate of drug-likeness (QED) is 0.0492. The van der Waals surface area contributed by atoms with Crippen molar-refractivity contribution in [2.75, 3.05) is 39.6 Å². The molecule has 0 saturated heterocycles. The molecule has 6 rings (SSSR count). The Bertz CT molecular complexity index is 1840. The van der Waals surface area contributed by atoms with Crippen LogP contribution in [-0.4, -0.2) is 95.7 Å². The maximum absolute atomic E-state index is 13.0. The molecule has 0 fully saturated rings. The van der Waals surface area contributed by atoms with Gasteiger partial charge in [0.15, 0.2) is 0 Å². The van der Waals surface area contributed by atoms with Crippen molar-refractivity contribution < 1.29 is 43.8 Å². The molecule has 4 heterocycles. The van der Waals surface area contributed by atoms with E-state index in [4.69, 9.17) is 24.6 Å². The summed E-state index contributed by atoms with van der Waals surface area (Å²) in [6.07, 6.45) is 11.2. The number of hydrogen-bond donors (Lipinski definition) is 9. The van der Waals surface area contributed by atoms with Gasteiger partial charge in [-0.25, -0.2) is 11.0 Å². The predicted octanol–water partition coefficient (Wildman–Crippen LogP) is 5.53. The minimum absolute atomic E-state index is 0.0117. The van der Waals surface area contributed by atoms with Crippen LogP contribution in [0.25, 0.3) is 21.8 Å². The number of aromatic nitrogens is 2. The second kappa shape index (κ2) is 27.3. The minimum atomic E-state index is -0.510. The molecule has 62 heavy (non-hydrogen) atoms. The summed E-state index contributed by atoms with van der Waals surface area (Å²) in [4.78, 5) is 55.0. The number of aromatic amines is 2. The fourth-order valence-corrected chi connectivity index (χ4v) is 7.95. The second-order valence-electron chi connectivity index (χ2n) is 16.0. The summed E-state index contributed by atoms with van der Waals surface area (Å²) in [5, 5.41) is 29.0. The van der Waals surface area contributed by atoms with Gasteiger partial charge >= 0.3 is 0 Å². The van der Waals surface area contributed by atoms with Gasteiger partial charge < -0.3 is 40.1 Å². The Morgan fingerprint density at radius 2 is 1.13 bits per heavy atom. The smallest absolute Gasteiger partial charge is 0.249 e. The standard InChI is InChI=1S/C23H34N4O4.C23H33N3O5/c28-22(27-30)11-3-1-2-10-21-23(29)25-16-18-17-8-4-5-9-19(17)26-20(18)12-15-31-14-7-6-13-24-21;27-22(26-29)11-3-1-2-10-21-23(28)24-16-18-17-8-4-5-9-19(17)25-20(18)12-15-30-13-6-7-14-31-21/h4-5,8-9,21,24,26,30H,1-3,6-7,10-16H2,(H,25,29)(H,27,28);4-5,8-9,21,25,29H,1-3,6-7,10-16H2,(H,24,28)(H,26,27). The molecular weight excluding hydrogens is 795 g/mol. The van der Waals surface area contributed by atoms with Crippen LogP contribution in [0.3, 0.4) is 0 Å². The molecule has 340 valence electrons. The lowest BCUT2D eigenvalue weighted by Gasteiger charge is -2.19. The van der Waals surface area contributed by atoms with Gasteiger partial charge in [0.1, 0.15) is 6.10 Å². The van der Waals surface area contributed by atoms with Crippen LogP contribution in [-0.2, 0) is 59.3 Å². The van der Waals surface area contributed by atoms with Crippen molar-refractivity contribution in [3.8, 4) is 0 Å². The molecule has 2 atom stereocenters. The van der Waals surface area contributed by atoms with E-state index >= 15 is 0 Å². The molecule has 0 spiro atoms. The van der Waals surface area contributed by atoms with Crippen LogP contribution < -0.4 is 26.9 Å². The Morgan fingerprint density at radius 3 is 1.71 bits per heavy atom. The van der Waals surface area contributed by atoms with Crippen LogP contribution in [0.5, 0.6) is 0 Å². The highest BCUT2D eigenvalue weighted by Crippen LogP contribution is 2.25. The number of hydrogen-bond acceptors (Lipinski definition) is 10. The van der Waals surface area contributed by atoms with E-state index in [1.165, 1.54) is 0 Å². The van der Waals surface area contributed by atoms with Crippen molar-refractivity contribution >= 4 is 45.4 Å². The summed E-state index contributed by atoms with van der Waals surface area (Å²) in [5.41, 5.74) is 9.86. The van der Waals surface area contributed by atoms with E-state index in [1.54, 1.807) is 11.0 Å². The number of benzene rings is 2. The van der Waals surface area contributed by atoms with Gasteiger partial charge in [-0.3, -0.25) is 29.6 Å². The number of hydroxylamine groups is 2. The number of carbonyl (C=O) groups is 4. The van der Waals surface area contributed by atoms with Crippen molar-refractivity contribution in [2.45, 2.75) is 128 Å². The van der Waals surface area contributed by atoms with Gasteiger partial charge in [0, 0.05) is 91.8 Å². The van der Waals surface area contributed by atoms with Crippen LogP contribution in [0.2, 0.25) is 0 Å². The molecule has 0 saturated carbocycles. The van der Waals surface area contributed by atoms with Crippen LogP contribution >= 0.6 is 0 Å². The van der Waals surface area contributed by atoms with Crippen LogP contribution in [0.1, 0.15) is 112 Å². The van der Waals surface area contributed by atoms with Gasteiger partial charge in [0.25, 0.3) is 0 Å². The maximum atomic E-state index is 13.0. The van der Waals surface area contributed by atoms with Crippen molar-refractivity contribution in [3.05, 3.63) is 71.0 Å². The Hall–Kier alpha value is -4.84. The molecular formula is C46H67N7O9. The molecule has 0 bridgehead atoms. The molecule has 2 aliphatic heterocycles. The zero-order valence-corrected chi connectivity index (χ0v) is 36.0. The molecule has 2 aliphatic rings. The number of fused-ring (bicyclic) bond motifs is 6. The van der Waals surface area contributed by atoms with Gasteiger partial charge in [-0.2, -0.15) is 0 Å². The van der Waals surface area contributed by atoms with E-state index in [2.05, 4.69) is 44.1 Å². The number of unbranched alkanes of at least 4 members (excludes halogenated alkanes) is 4. The van der Waals surface area contributed by atoms with Crippen molar-refractivity contribution in [1.29, 1.82) is 0 Å². The van der Waals surface area contributed by atoms with Gasteiger partial charge in [0.2, 0.25) is 23.6 Å². The first-order chi connectivity index (χ1) is 30.4. The molecule has 4 amide bonds. The van der Waals surface area contributed by atoms with Crippen molar-refractivity contribution in [2.24, 2.45) is 0 Å². The highest BCUT2D eigenvalue weighted by molar-refractivity contribution is 5.87. The first-order valence-electron chi connectivity index (χ1n) is 22.5. The number of amides is 4. The first-order valence-corrected chi connectivity index (χ1v) is 22.5. The highest BCUT2D eigenvalue weighted by Gasteiger charge is 2.22. The maximum Gasteiger partial charge on any atom is 0.249 e. The topological polar surface area (TPSA) is 228 Å². The van der Waals surface area contributed by atoms with Gasteiger partial charge in [-0.15, -0.1) is 0 Å². The van der Waals surface area contributed by atoms with E-state index in [1.807, 2.05) is 30.3 Å². The predicted molar refractivity (Wildman–Crippen MR) is 235 cm³/mol. The van der Waals surface area contributed by atoms with Crippen molar-refractivity contribution in [3.63, 3.8) is 0 Å². The fourth-order valence-electron chi connectivity index (χ4n) is 7.95. The van der Waals surface area contributed by atoms with Crippen LogP contribution in [0, 0.1) is 0 Å². The number of carbonyl (C=O) groups excluding carboxylic acids is 4. The minimum Gasteiger partial charge on any atom is -0.381 e. The van der Waals surface area contributed by atoms with E-state index in [0.717, 1.165) is 122 Å². The second-order valence-corrected chi connectivity index (χ2v) is 16.0. The molecule has 2 aromatic heterocycles. The monoisotopic (exact) mass is 862 g/mol. The Morgan fingerprint density at radius 1 is 0.613 bits per heavy atom. The molecule has 16 heteroatoms. The lowest BCUT2D eigenvalue weighted by atomic mass is 10.0. The van der Waals surface area contributed by atoms with Crippen LogP contribution in [0.15, 0.2) is 48.5 Å². The van der Waals surface area contributed by atoms with Crippen molar-refractivity contribution in [1.82, 2.24) is 36.9 Å². The zero-order valence-electron chi connectivity index (χ0n) is 36.0. The Labute approximate surface area is 363 Å². The average Bonchev–Trinajstić information content (AvgIpc) is 3.83. The number of ether oxygens (including phenoxy) is 3. The molecule has 2 unspecified atom stereocenters. The number of rotatable bonds is 12. The number of para-hydroxylation sites is 2. The van der Waals surface area contributed by atoms with Crippen LogP contribution in [0.4, 0.5) is 0 Å². The zero-order chi connectivity index (χ0) is 43.8. The first kappa shape index (κ1) is 48.2. The average molecular weight is 862 g/mol. The lowest BCUT2D eigenvalue weighted by molar-refractivity contribution is -0.134. The normalized spacial score (nSPS) is 18.7. The van der Waals surface area contributed by atoms with E-state index in [9.17, 15) is 19.2 Å². The third kappa shape index (κ3) is 15.8. The van der Waals surface area contributed by atoms with Gasteiger partial charge in [-0.05, 0) is 81.2 Å². The third-order valence-electron chi connectivity index (χ3n) is 11.4. The molecule has 16 nitrogen and oxygen atoms in total. The Balaban J connectivity index is 0.000000234. The lowest BCUT2D eigenvalue weighted by Crippen LogP contribution is -2.44. The van der Waals surface area contributed by atoms with E-state index < -0.39 is 6.10 Å². The molecule has 0 radical (unpaired) electrons. The largest absolute Gasteiger partial charge is 0.381 e. The number of nitrogens with one attached hydrogen (secondary N) is 7. The summed E-state index contributed by atoms with van der Waals surface area (Å²) >= 11 is 0. The number of H-pyrrole nitrogens is 2. The van der Waals surface area contributed by atoms with E-state index in [-0.39, 0.29) is 36.1 Å². The molecule has 2 aromatic carbocycles. The SMILES string of the molecule is O=C(CCCCCC1NCCCCOCCc2[nH]c3ccccc3c2CNC1=O)NO.O=C(CCCCCC1OCCCCOCCc2[nH]c3ccccc3c2CNC1=O)NO. The van der Waals surface area contributed by atoms with E-state index in [0.29, 0.717) is 71.6 Å². The van der Waals surface area contributed by atoms with Gasteiger partial charge in [0.05, 0.1) is 19.3 Å². The summed E-state index contributed by atoms with van der Waals surface area (Å²) in [6.45, 7) is 4.93. The van der Waals surface area contributed by atoms with Gasteiger partial charge in [-0.1, -0.05) is 62.1 Å². The highest BCUT2D eigenvalue weighted by atomic mass is 16.5. The molecule has 4 aromatic rings. The molecule has 0 aliphatic carbocycles. The summed E-state index contributed by atoms with van der Waals surface area (Å²) in [7, 11) is 0. The summed E-state index contributed by atoms with van der Waals surface area (Å²) in [5.74, 6) is -0.843.